The summed E-state index contributed by atoms with van der Waals surface area (Å²) in [5.74, 6) is 0.0386. The molecule has 0 fully saturated rings. The van der Waals surface area contributed by atoms with Gasteiger partial charge in [-0.2, -0.15) is 0 Å². The van der Waals surface area contributed by atoms with Crippen LogP contribution in [-0.2, 0) is 13.0 Å². The van der Waals surface area contributed by atoms with Crippen molar-refractivity contribution >= 4 is 5.78 Å². The van der Waals surface area contributed by atoms with Crippen molar-refractivity contribution in [2.24, 2.45) is 0 Å². The molecule has 0 aliphatic carbocycles. The molecule has 0 N–H and O–H groups in total. The molecule has 2 heterocycles. The van der Waals surface area contributed by atoms with E-state index in [0.29, 0.717) is 18.5 Å². The highest BCUT2D eigenvalue weighted by atomic mass is 16.1. The van der Waals surface area contributed by atoms with E-state index < -0.39 is 0 Å². The van der Waals surface area contributed by atoms with Crippen LogP contribution in [0.25, 0.3) is 0 Å². The molecule has 0 bridgehead atoms. The van der Waals surface area contributed by atoms with Gasteiger partial charge >= 0.3 is 0 Å². The molecule has 0 spiro atoms. The summed E-state index contributed by atoms with van der Waals surface area (Å²) in [4.78, 5) is 15.8. The van der Waals surface area contributed by atoms with Crippen LogP contribution in [-0.4, -0.2) is 25.8 Å². The maximum absolute atomic E-state index is 11.8. The Balaban J connectivity index is 1.92. The van der Waals surface area contributed by atoms with Gasteiger partial charge in [-0.15, -0.1) is 5.10 Å². The number of pyridine rings is 1. The molecule has 88 valence electrons. The highest BCUT2D eigenvalue weighted by Gasteiger charge is 2.08. The Labute approximate surface area is 99.5 Å². The minimum absolute atomic E-state index is 0.0386. The number of carbonyl (C=O) groups excluding carboxylic acids is 1. The van der Waals surface area contributed by atoms with Gasteiger partial charge in [0.1, 0.15) is 5.69 Å². The summed E-state index contributed by atoms with van der Waals surface area (Å²) < 4.78 is 1.75. The van der Waals surface area contributed by atoms with E-state index in [1.165, 1.54) is 0 Å². The number of nitrogens with zero attached hydrogens (tertiary/aromatic N) is 4. The van der Waals surface area contributed by atoms with E-state index in [0.717, 1.165) is 12.2 Å². The second-order valence-electron chi connectivity index (χ2n) is 3.70. The SMILES string of the molecule is CCn1cc(CCC(=O)c2ccccn2)nn1. The Bertz CT molecular complexity index is 492. The largest absolute Gasteiger partial charge is 0.292 e. The fourth-order valence-electron chi connectivity index (χ4n) is 1.50. The van der Waals surface area contributed by atoms with E-state index >= 15 is 0 Å². The van der Waals surface area contributed by atoms with Gasteiger partial charge in [0, 0.05) is 31.8 Å². The maximum Gasteiger partial charge on any atom is 0.181 e. The van der Waals surface area contributed by atoms with E-state index in [9.17, 15) is 4.79 Å². The minimum Gasteiger partial charge on any atom is -0.292 e. The summed E-state index contributed by atoms with van der Waals surface area (Å²) in [7, 11) is 0. The van der Waals surface area contributed by atoms with E-state index in [-0.39, 0.29) is 5.78 Å². The predicted molar refractivity (Wildman–Crippen MR) is 62.6 cm³/mol. The third-order valence-corrected chi connectivity index (χ3v) is 2.47. The van der Waals surface area contributed by atoms with Gasteiger partial charge in [0.2, 0.25) is 0 Å². The Hall–Kier alpha value is -2.04. The van der Waals surface area contributed by atoms with Crippen molar-refractivity contribution in [3.63, 3.8) is 0 Å². The van der Waals surface area contributed by atoms with Crippen molar-refractivity contribution in [3.05, 3.63) is 42.0 Å². The number of hydrogen-bond acceptors (Lipinski definition) is 4. The van der Waals surface area contributed by atoms with Gasteiger partial charge in [0.15, 0.2) is 5.78 Å². The summed E-state index contributed by atoms with van der Waals surface area (Å²) >= 11 is 0. The first kappa shape index (κ1) is 11.4. The van der Waals surface area contributed by atoms with Crippen LogP contribution in [0.2, 0.25) is 0 Å². The molecule has 0 aliphatic rings. The molecule has 0 aliphatic heterocycles. The highest BCUT2D eigenvalue weighted by molar-refractivity contribution is 5.94. The van der Waals surface area contributed by atoms with Crippen LogP contribution in [0.15, 0.2) is 30.6 Å². The number of rotatable bonds is 5. The van der Waals surface area contributed by atoms with E-state index in [2.05, 4.69) is 15.3 Å². The molecule has 0 amide bonds. The lowest BCUT2D eigenvalue weighted by atomic mass is 10.1. The molecule has 0 aromatic carbocycles. The summed E-state index contributed by atoms with van der Waals surface area (Å²) in [5.41, 5.74) is 1.35. The van der Waals surface area contributed by atoms with Gasteiger partial charge < -0.3 is 0 Å². The van der Waals surface area contributed by atoms with Crippen molar-refractivity contribution < 1.29 is 4.79 Å². The van der Waals surface area contributed by atoms with Crippen molar-refractivity contribution in [1.29, 1.82) is 0 Å². The number of aryl methyl sites for hydroxylation is 2. The fourth-order valence-corrected chi connectivity index (χ4v) is 1.50. The van der Waals surface area contributed by atoms with Crippen LogP contribution in [0.3, 0.4) is 0 Å². The van der Waals surface area contributed by atoms with Crippen molar-refractivity contribution in [2.45, 2.75) is 26.3 Å². The van der Waals surface area contributed by atoms with Gasteiger partial charge in [0.25, 0.3) is 0 Å². The molecule has 2 aromatic rings. The summed E-state index contributed by atoms with van der Waals surface area (Å²) in [5, 5.41) is 7.92. The van der Waals surface area contributed by atoms with Crippen LogP contribution >= 0.6 is 0 Å². The van der Waals surface area contributed by atoms with Gasteiger partial charge in [-0.3, -0.25) is 14.5 Å². The summed E-state index contributed by atoms with van der Waals surface area (Å²) in [6, 6.07) is 5.34. The summed E-state index contributed by atoms with van der Waals surface area (Å²) in [6.45, 7) is 2.79. The normalized spacial score (nSPS) is 10.4. The van der Waals surface area contributed by atoms with Crippen molar-refractivity contribution in [1.82, 2.24) is 20.0 Å². The fraction of sp³-hybridized carbons (Fsp3) is 0.333. The molecule has 0 atom stereocenters. The third kappa shape index (κ3) is 2.96. The number of ketones is 1. The molecular weight excluding hydrogens is 216 g/mol. The third-order valence-electron chi connectivity index (χ3n) is 2.47. The second-order valence-corrected chi connectivity index (χ2v) is 3.70. The molecular formula is C12H14N4O. The Morgan fingerprint density at radius 1 is 1.41 bits per heavy atom. The zero-order valence-electron chi connectivity index (χ0n) is 9.71. The second kappa shape index (κ2) is 5.34. The number of aromatic nitrogens is 4. The smallest absolute Gasteiger partial charge is 0.181 e. The van der Waals surface area contributed by atoms with Gasteiger partial charge in [-0.1, -0.05) is 11.3 Å². The standard InChI is InChI=1S/C12H14N4O/c1-2-16-9-10(14-15-16)6-7-12(17)11-5-3-4-8-13-11/h3-5,8-9H,2,6-7H2,1H3. The molecule has 0 unspecified atom stereocenters. The summed E-state index contributed by atoms with van der Waals surface area (Å²) in [6.07, 6.45) is 4.52. The van der Waals surface area contributed by atoms with Crippen LogP contribution in [0.5, 0.6) is 0 Å². The van der Waals surface area contributed by atoms with Gasteiger partial charge in [-0.05, 0) is 19.1 Å². The monoisotopic (exact) mass is 230 g/mol. The van der Waals surface area contributed by atoms with Crippen LogP contribution in [0.4, 0.5) is 0 Å². The minimum atomic E-state index is 0.0386. The average molecular weight is 230 g/mol. The quantitative estimate of drug-likeness (QED) is 0.730. The van der Waals surface area contributed by atoms with Crippen molar-refractivity contribution in [2.75, 3.05) is 0 Å². The molecule has 5 heteroatoms. The first-order valence-corrected chi connectivity index (χ1v) is 5.63. The molecule has 5 nitrogen and oxygen atoms in total. The van der Waals surface area contributed by atoms with Crippen molar-refractivity contribution in [3.8, 4) is 0 Å². The van der Waals surface area contributed by atoms with Gasteiger partial charge in [-0.25, -0.2) is 0 Å². The van der Waals surface area contributed by atoms with E-state index in [4.69, 9.17) is 0 Å². The average Bonchev–Trinajstić information content (AvgIpc) is 2.85. The van der Waals surface area contributed by atoms with Crippen LogP contribution < -0.4 is 0 Å². The molecule has 0 radical (unpaired) electrons. The first-order chi connectivity index (χ1) is 8.29. The molecule has 2 rings (SSSR count). The van der Waals surface area contributed by atoms with Crippen LogP contribution in [0.1, 0.15) is 29.5 Å². The first-order valence-electron chi connectivity index (χ1n) is 5.63. The van der Waals surface area contributed by atoms with Crippen LogP contribution in [0, 0.1) is 0 Å². The molecule has 2 aromatic heterocycles. The zero-order chi connectivity index (χ0) is 12.1. The lowest BCUT2D eigenvalue weighted by molar-refractivity contribution is 0.0977. The lowest BCUT2D eigenvalue weighted by Gasteiger charge is -1.97. The number of hydrogen-bond donors (Lipinski definition) is 0. The highest BCUT2D eigenvalue weighted by Crippen LogP contribution is 2.04. The maximum atomic E-state index is 11.8. The van der Waals surface area contributed by atoms with Gasteiger partial charge in [0.05, 0.1) is 5.69 Å². The Kier molecular flexibility index (Phi) is 3.59. The Morgan fingerprint density at radius 3 is 2.94 bits per heavy atom. The number of carbonyl (C=O) groups is 1. The zero-order valence-corrected chi connectivity index (χ0v) is 9.71. The molecule has 17 heavy (non-hydrogen) atoms. The molecule has 0 saturated carbocycles. The van der Waals surface area contributed by atoms with E-state index in [1.807, 2.05) is 19.2 Å². The topological polar surface area (TPSA) is 60.7 Å². The van der Waals surface area contributed by atoms with E-state index in [1.54, 1.807) is 23.0 Å². The molecule has 0 saturated heterocycles. The Morgan fingerprint density at radius 2 is 2.29 bits per heavy atom. The number of Topliss-reactive ketones (excluding diaryl/α,β-unsaturated/α-hetero) is 1. The lowest BCUT2D eigenvalue weighted by Crippen LogP contribution is -2.03. The predicted octanol–water partition coefficient (Wildman–Crippen LogP) is 1.51.